The zero-order valence-electron chi connectivity index (χ0n) is 11.0. The van der Waals surface area contributed by atoms with Gasteiger partial charge in [0.05, 0.1) is 11.0 Å². The van der Waals surface area contributed by atoms with E-state index in [0.29, 0.717) is 12.1 Å². The molecule has 0 aliphatic carbocycles. The summed E-state index contributed by atoms with van der Waals surface area (Å²) >= 11 is 0. The number of hydrogen-bond acceptors (Lipinski definition) is 4. The van der Waals surface area contributed by atoms with Crippen molar-refractivity contribution in [1.29, 1.82) is 0 Å². The van der Waals surface area contributed by atoms with Gasteiger partial charge >= 0.3 is 0 Å². The van der Waals surface area contributed by atoms with Crippen LogP contribution >= 0.6 is 0 Å². The summed E-state index contributed by atoms with van der Waals surface area (Å²) in [5, 5.41) is 22.4. The number of aromatic nitrogens is 2. The fourth-order valence-electron chi connectivity index (χ4n) is 2.16. The maximum absolute atomic E-state index is 9.74. The Hall–Kier alpha value is -2.69. The molecule has 0 atom stereocenters. The van der Waals surface area contributed by atoms with Crippen LogP contribution in [0.4, 0.5) is 5.69 Å². The molecule has 0 aliphatic heterocycles. The third-order valence-electron chi connectivity index (χ3n) is 3.18. The molecule has 102 valence electrons. The average Bonchev–Trinajstić information content (AvgIpc) is 2.79. The predicted molar refractivity (Wildman–Crippen MR) is 77.9 cm³/mol. The number of H-pyrrole nitrogens is 1. The van der Waals surface area contributed by atoms with Gasteiger partial charge < -0.3 is 20.5 Å². The minimum Gasteiger partial charge on any atom is -0.504 e. The summed E-state index contributed by atoms with van der Waals surface area (Å²) in [6.07, 6.45) is 0. The van der Waals surface area contributed by atoms with Gasteiger partial charge in [-0.3, -0.25) is 0 Å². The van der Waals surface area contributed by atoms with Crippen LogP contribution in [0, 0.1) is 6.92 Å². The highest BCUT2D eigenvalue weighted by Crippen LogP contribution is 2.28. The Balaban J connectivity index is 1.81. The first-order valence-electron chi connectivity index (χ1n) is 6.33. The molecule has 0 unspecified atom stereocenters. The van der Waals surface area contributed by atoms with Crippen molar-refractivity contribution in [3.05, 3.63) is 47.8 Å². The molecule has 0 spiro atoms. The summed E-state index contributed by atoms with van der Waals surface area (Å²) in [7, 11) is 0. The highest BCUT2D eigenvalue weighted by Gasteiger charge is 2.06. The Morgan fingerprint density at radius 3 is 2.90 bits per heavy atom. The van der Waals surface area contributed by atoms with Gasteiger partial charge in [-0.25, -0.2) is 4.98 Å². The largest absolute Gasteiger partial charge is 0.504 e. The van der Waals surface area contributed by atoms with E-state index in [0.717, 1.165) is 22.5 Å². The summed E-state index contributed by atoms with van der Waals surface area (Å²) in [6, 6.07) is 10.8. The molecule has 3 aromatic rings. The van der Waals surface area contributed by atoms with Crippen molar-refractivity contribution >= 4 is 16.7 Å². The lowest BCUT2D eigenvalue weighted by Crippen LogP contribution is -1.99. The number of aryl methyl sites for hydroxylation is 1. The zero-order valence-corrected chi connectivity index (χ0v) is 11.0. The summed E-state index contributed by atoms with van der Waals surface area (Å²) in [4.78, 5) is 7.52. The van der Waals surface area contributed by atoms with Crippen LogP contribution in [0.5, 0.6) is 11.5 Å². The summed E-state index contributed by atoms with van der Waals surface area (Å²) in [6.45, 7) is 2.34. The molecular formula is C15H15N3O2. The van der Waals surface area contributed by atoms with Crippen LogP contribution < -0.4 is 5.32 Å². The fourth-order valence-corrected chi connectivity index (χ4v) is 2.16. The second-order valence-electron chi connectivity index (χ2n) is 4.69. The monoisotopic (exact) mass is 269 g/mol. The Morgan fingerprint density at radius 1 is 1.20 bits per heavy atom. The fraction of sp³-hybridized carbons (Fsp3) is 0.133. The van der Waals surface area contributed by atoms with Crippen LogP contribution in [-0.4, -0.2) is 20.2 Å². The van der Waals surface area contributed by atoms with Crippen LogP contribution in [0.15, 0.2) is 36.4 Å². The van der Waals surface area contributed by atoms with Crippen molar-refractivity contribution in [1.82, 2.24) is 9.97 Å². The van der Waals surface area contributed by atoms with Gasteiger partial charge in [0.1, 0.15) is 5.82 Å². The van der Waals surface area contributed by atoms with Crippen molar-refractivity contribution < 1.29 is 10.2 Å². The van der Waals surface area contributed by atoms with Crippen molar-refractivity contribution in [3.63, 3.8) is 0 Å². The van der Waals surface area contributed by atoms with E-state index in [2.05, 4.69) is 15.3 Å². The Kier molecular flexibility index (Phi) is 2.95. The van der Waals surface area contributed by atoms with Gasteiger partial charge in [-0.15, -0.1) is 0 Å². The van der Waals surface area contributed by atoms with E-state index in [-0.39, 0.29) is 11.5 Å². The lowest BCUT2D eigenvalue weighted by molar-refractivity contribution is 0.400. The lowest BCUT2D eigenvalue weighted by atomic mass is 10.2. The zero-order chi connectivity index (χ0) is 14.1. The molecule has 4 N–H and O–H groups in total. The van der Waals surface area contributed by atoms with E-state index >= 15 is 0 Å². The van der Waals surface area contributed by atoms with E-state index in [9.17, 15) is 10.2 Å². The molecule has 1 heterocycles. The molecule has 3 rings (SSSR count). The minimum atomic E-state index is -0.107. The average molecular weight is 269 g/mol. The second-order valence-corrected chi connectivity index (χ2v) is 4.69. The topological polar surface area (TPSA) is 81.2 Å². The smallest absolute Gasteiger partial charge is 0.162 e. The molecule has 20 heavy (non-hydrogen) atoms. The normalized spacial score (nSPS) is 10.8. The minimum absolute atomic E-state index is 0.0848. The molecule has 0 aliphatic rings. The molecule has 0 saturated carbocycles. The van der Waals surface area contributed by atoms with Gasteiger partial charge in [0.25, 0.3) is 0 Å². The summed E-state index contributed by atoms with van der Waals surface area (Å²) in [5.41, 5.74) is 3.45. The number of fused-ring (bicyclic) bond motifs is 1. The van der Waals surface area contributed by atoms with Crippen molar-refractivity contribution in [2.75, 3.05) is 5.32 Å². The Bertz CT molecular complexity index is 765. The number of hydrogen-bond donors (Lipinski definition) is 4. The van der Waals surface area contributed by atoms with E-state index in [1.54, 1.807) is 12.1 Å². The Morgan fingerprint density at radius 2 is 2.05 bits per heavy atom. The summed E-state index contributed by atoms with van der Waals surface area (Å²) in [5.74, 6) is 0.685. The first-order chi connectivity index (χ1) is 9.63. The maximum Gasteiger partial charge on any atom is 0.162 e. The number of aromatic amines is 1. The number of anilines is 1. The predicted octanol–water partition coefficient (Wildman–Crippen LogP) is 2.89. The van der Waals surface area contributed by atoms with Gasteiger partial charge in [0, 0.05) is 17.8 Å². The number of phenolic OH excluding ortho intramolecular Hbond substituents is 2. The molecule has 2 aromatic carbocycles. The van der Waals surface area contributed by atoms with E-state index in [4.69, 9.17) is 0 Å². The first-order valence-corrected chi connectivity index (χ1v) is 6.33. The van der Waals surface area contributed by atoms with Gasteiger partial charge in [-0.05, 0) is 31.2 Å². The number of nitrogens with zero attached hydrogens (tertiary/aromatic N) is 1. The maximum atomic E-state index is 9.74. The number of aromatic hydroxyl groups is 2. The van der Waals surface area contributed by atoms with Crippen molar-refractivity contribution in [2.45, 2.75) is 13.5 Å². The number of phenols is 2. The van der Waals surface area contributed by atoms with E-state index in [1.807, 2.05) is 25.1 Å². The van der Waals surface area contributed by atoms with Crippen LogP contribution in [0.2, 0.25) is 0 Å². The van der Waals surface area contributed by atoms with E-state index < -0.39 is 0 Å². The van der Waals surface area contributed by atoms with E-state index in [1.165, 1.54) is 6.07 Å². The highest BCUT2D eigenvalue weighted by atomic mass is 16.3. The third-order valence-corrected chi connectivity index (χ3v) is 3.18. The highest BCUT2D eigenvalue weighted by molar-refractivity contribution is 5.79. The van der Waals surface area contributed by atoms with Crippen LogP contribution in [0.3, 0.4) is 0 Å². The quantitative estimate of drug-likeness (QED) is 0.551. The van der Waals surface area contributed by atoms with Crippen LogP contribution in [0.1, 0.15) is 11.4 Å². The molecule has 0 radical (unpaired) electrons. The van der Waals surface area contributed by atoms with Gasteiger partial charge in [0.15, 0.2) is 11.5 Å². The number of rotatable bonds is 3. The van der Waals surface area contributed by atoms with Crippen LogP contribution in [0.25, 0.3) is 11.0 Å². The van der Waals surface area contributed by atoms with Crippen molar-refractivity contribution in [3.8, 4) is 11.5 Å². The van der Waals surface area contributed by atoms with Crippen LogP contribution in [-0.2, 0) is 6.54 Å². The molecule has 0 bridgehead atoms. The van der Waals surface area contributed by atoms with Gasteiger partial charge in [0.2, 0.25) is 0 Å². The number of imidazole rings is 1. The number of nitrogens with one attached hydrogen (secondary N) is 2. The molecule has 1 aromatic heterocycles. The second kappa shape index (κ2) is 4.77. The number of para-hydroxylation sites is 1. The molecule has 0 saturated heterocycles. The SMILES string of the molecule is Cc1nc2ccc(NCc3cccc(O)c3O)cc2[nH]1. The standard InChI is InChI=1S/C15H15N3O2/c1-9-17-12-6-5-11(7-13(12)18-9)16-8-10-3-2-4-14(19)15(10)20/h2-7,16,19-20H,8H2,1H3,(H,17,18). The van der Waals surface area contributed by atoms with Gasteiger partial charge in [-0.1, -0.05) is 12.1 Å². The first kappa shape index (κ1) is 12.3. The molecule has 0 fully saturated rings. The molecule has 5 nitrogen and oxygen atoms in total. The molecule has 0 amide bonds. The lowest BCUT2D eigenvalue weighted by Gasteiger charge is -2.09. The van der Waals surface area contributed by atoms with Crippen molar-refractivity contribution in [2.24, 2.45) is 0 Å². The van der Waals surface area contributed by atoms with Gasteiger partial charge in [-0.2, -0.15) is 0 Å². The summed E-state index contributed by atoms with van der Waals surface area (Å²) < 4.78 is 0. The molecule has 5 heteroatoms. The third kappa shape index (κ3) is 2.25. The number of benzene rings is 2. The Labute approximate surface area is 115 Å². The molecular weight excluding hydrogens is 254 g/mol.